The number of phenolic OH excluding ortho intramolecular Hbond substituents is 1. The molecule has 1 fully saturated rings. The first-order valence-electron chi connectivity index (χ1n) is 16.6. The highest BCUT2D eigenvalue weighted by atomic mass is 16.4. The molecule has 0 spiro atoms. The van der Waals surface area contributed by atoms with Gasteiger partial charge in [-0.15, -0.1) is 0 Å². The molecule has 1 aromatic heterocycles. The number of likely N-dealkylation sites (tertiary alicyclic amines) is 1. The van der Waals surface area contributed by atoms with Crippen LogP contribution in [-0.4, -0.2) is 103 Å². The van der Waals surface area contributed by atoms with Crippen LogP contribution in [0.4, 0.5) is 0 Å². The molecule has 0 bridgehead atoms. The molecule has 0 unspecified atom stereocenters. The summed E-state index contributed by atoms with van der Waals surface area (Å²) in [5.74, 6) is -4.37. The lowest BCUT2D eigenvalue weighted by molar-refractivity contribution is -0.145. The normalized spacial score (nSPS) is 16.9. The number of amides is 5. The summed E-state index contributed by atoms with van der Waals surface area (Å²) in [5, 5.41) is 29.9. The molecule has 2 heterocycles. The number of carboxylic acid groups (broad SMARTS) is 1. The number of hydrogen-bond acceptors (Lipinski definition) is 9. The lowest BCUT2D eigenvalue weighted by Crippen LogP contribution is -2.59. The fraction of sp³-hybridized carbons (Fsp3) is 0.400. The third-order valence-electron chi connectivity index (χ3n) is 8.50. The van der Waals surface area contributed by atoms with Crippen LogP contribution in [0.1, 0.15) is 43.5 Å². The van der Waals surface area contributed by atoms with E-state index in [1.807, 2.05) is 0 Å². The summed E-state index contributed by atoms with van der Waals surface area (Å²) in [6.07, 6.45) is 3.74. The predicted octanol–water partition coefficient (Wildman–Crippen LogP) is -0.475. The van der Waals surface area contributed by atoms with Gasteiger partial charge < -0.3 is 47.1 Å². The second kappa shape index (κ2) is 17.8. The van der Waals surface area contributed by atoms with E-state index in [1.54, 1.807) is 42.5 Å². The number of benzene rings is 2. The van der Waals surface area contributed by atoms with Gasteiger partial charge in [-0.2, -0.15) is 0 Å². The number of carboxylic acids is 1. The van der Waals surface area contributed by atoms with E-state index in [2.05, 4.69) is 31.2 Å². The first kappa shape index (κ1) is 38.0. The number of carbonyl (C=O) groups excluding carboxylic acids is 5. The van der Waals surface area contributed by atoms with Crippen LogP contribution in [0.25, 0.3) is 0 Å². The van der Waals surface area contributed by atoms with Crippen molar-refractivity contribution in [2.24, 2.45) is 5.73 Å². The standard InChI is InChI=1S/C35H44N8O8/c1-20(36)30(45)40-26(15-23-10-12-25(44)13-11-23)32(47)39-21(2)31(46)41-27(17-24-18-37-19-38-24)34(49)43-14-6-9-29(43)33(48)42-28(35(50)51)16-22-7-4-3-5-8-22/h3-5,7-8,10-13,18-21,26-29,44H,6,9,14-17,36H2,1-2H3,(H,37,38)(H,39,47)(H,40,45)(H,41,46)(H,42,48)(H,50,51)/t20-,21-,26-,27-,28-,29-/m0/s1. The number of aromatic amines is 1. The van der Waals surface area contributed by atoms with Crippen molar-refractivity contribution in [1.82, 2.24) is 36.1 Å². The summed E-state index contributed by atoms with van der Waals surface area (Å²) in [6.45, 7) is 3.08. The number of phenols is 1. The number of H-pyrrole nitrogens is 1. The Hall–Kier alpha value is -5.77. The lowest BCUT2D eigenvalue weighted by atomic mass is 10.0. The van der Waals surface area contributed by atoms with E-state index in [0.717, 1.165) is 5.56 Å². The molecule has 0 aliphatic carbocycles. The molecule has 1 saturated heterocycles. The number of aromatic nitrogens is 2. The summed E-state index contributed by atoms with van der Waals surface area (Å²) in [6, 6.07) is 8.32. The van der Waals surface area contributed by atoms with Crippen LogP contribution in [-0.2, 0) is 48.0 Å². The summed E-state index contributed by atoms with van der Waals surface area (Å²) in [5.41, 5.74) is 7.56. The predicted molar refractivity (Wildman–Crippen MR) is 184 cm³/mol. The molecular weight excluding hydrogens is 660 g/mol. The van der Waals surface area contributed by atoms with Gasteiger partial charge in [0.2, 0.25) is 29.5 Å². The summed E-state index contributed by atoms with van der Waals surface area (Å²) in [7, 11) is 0. The first-order chi connectivity index (χ1) is 24.3. The minimum atomic E-state index is -1.22. The quantitative estimate of drug-likeness (QED) is 0.0952. The second-order valence-corrected chi connectivity index (χ2v) is 12.6. The third-order valence-corrected chi connectivity index (χ3v) is 8.50. The van der Waals surface area contributed by atoms with Crippen LogP contribution in [0, 0.1) is 0 Å². The van der Waals surface area contributed by atoms with Gasteiger partial charge in [-0.25, -0.2) is 9.78 Å². The average molecular weight is 705 g/mol. The smallest absolute Gasteiger partial charge is 0.326 e. The molecular formula is C35H44N8O8. The second-order valence-electron chi connectivity index (χ2n) is 12.6. The van der Waals surface area contributed by atoms with Crippen molar-refractivity contribution in [2.75, 3.05) is 6.54 Å². The topological polar surface area (TPSA) is 249 Å². The van der Waals surface area contributed by atoms with Gasteiger partial charge in [0, 0.05) is 37.7 Å². The number of aliphatic carboxylic acids is 1. The van der Waals surface area contributed by atoms with E-state index < -0.39 is 71.8 Å². The molecule has 51 heavy (non-hydrogen) atoms. The maximum absolute atomic E-state index is 14.0. The zero-order valence-corrected chi connectivity index (χ0v) is 28.4. The van der Waals surface area contributed by atoms with Crippen molar-refractivity contribution >= 4 is 35.5 Å². The van der Waals surface area contributed by atoms with Gasteiger partial charge in [0.05, 0.1) is 12.4 Å². The summed E-state index contributed by atoms with van der Waals surface area (Å²) in [4.78, 5) is 87.0. The van der Waals surface area contributed by atoms with E-state index in [-0.39, 0.29) is 31.6 Å². The van der Waals surface area contributed by atoms with Crippen molar-refractivity contribution in [3.8, 4) is 5.75 Å². The van der Waals surface area contributed by atoms with Crippen molar-refractivity contribution in [3.05, 3.63) is 83.9 Å². The monoisotopic (exact) mass is 704 g/mol. The van der Waals surface area contributed by atoms with E-state index in [9.17, 15) is 39.0 Å². The Morgan fingerprint density at radius 3 is 2.12 bits per heavy atom. The van der Waals surface area contributed by atoms with Crippen LogP contribution in [0.3, 0.4) is 0 Å². The fourth-order valence-electron chi connectivity index (χ4n) is 5.69. The van der Waals surface area contributed by atoms with Crippen LogP contribution in [0.15, 0.2) is 67.1 Å². The highest BCUT2D eigenvalue weighted by Crippen LogP contribution is 2.20. The highest BCUT2D eigenvalue weighted by molar-refractivity contribution is 5.96. The molecule has 6 atom stereocenters. The molecule has 1 aliphatic rings. The average Bonchev–Trinajstić information content (AvgIpc) is 3.81. The maximum Gasteiger partial charge on any atom is 0.326 e. The molecule has 0 saturated carbocycles. The van der Waals surface area contributed by atoms with Crippen molar-refractivity contribution in [1.29, 1.82) is 0 Å². The van der Waals surface area contributed by atoms with E-state index >= 15 is 0 Å². The number of nitrogens with two attached hydrogens (primary N) is 1. The van der Waals surface area contributed by atoms with E-state index in [1.165, 1.54) is 43.4 Å². The molecule has 16 nitrogen and oxygen atoms in total. The largest absolute Gasteiger partial charge is 0.508 e. The molecule has 9 N–H and O–H groups in total. The van der Waals surface area contributed by atoms with Gasteiger partial charge in [-0.3, -0.25) is 24.0 Å². The molecule has 2 aromatic carbocycles. The van der Waals surface area contributed by atoms with Gasteiger partial charge in [0.25, 0.3) is 0 Å². The number of rotatable bonds is 16. The van der Waals surface area contributed by atoms with Gasteiger partial charge in [-0.05, 0) is 49.9 Å². The maximum atomic E-state index is 14.0. The minimum Gasteiger partial charge on any atom is -0.508 e. The third kappa shape index (κ3) is 10.9. The van der Waals surface area contributed by atoms with Gasteiger partial charge in [-0.1, -0.05) is 42.5 Å². The molecule has 1 aliphatic heterocycles. The van der Waals surface area contributed by atoms with Crippen LogP contribution in [0.5, 0.6) is 5.75 Å². The molecule has 5 amide bonds. The van der Waals surface area contributed by atoms with Crippen LogP contribution < -0.4 is 27.0 Å². The Balaban J connectivity index is 1.46. The fourth-order valence-corrected chi connectivity index (χ4v) is 5.69. The zero-order chi connectivity index (χ0) is 37.1. The van der Waals surface area contributed by atoms with E-state index in [4.69, 9.17) is 5.73 Å². The van der Waals surface area contributed by atoms with E-state index in [0.29, 0.717) is 24.1 Å². The molecule has 272 valence electrons. The Kier molecular flexibility index (Phi) is 13.2. The van der Waals surface area contributed by atoms with Crippen molar-refractivity contribution in [3.63, 3.8) is 0 Å². The Bertz CT molecular complexity index is 1670. The highest BCUT2D eigenvalue weighted by Gasteiger charge is 2.39. The molecule has 4 rings (SSSR count). The molecule has 0 radical (unpaired) electrons. The first-order valence-corrected chi connectivity index (χ1v) is 16.6. The van der Waals surface area contributed by atoms with Crippen molar-refractivity contribution < 1.29 is 39.0 Å². The van der Waals surface area contributed by atoms with Gasteiger partial charge in [0.1, 0.15) is 36.0 Å². The number of nitrogens with one attached hydrogen (secondary N) is 5. The Morgan fingerprint density at radius 1 is 0.843 bits per heavy atom. The number of hydrogen-bond donors (Lipinski definition) is 8. The summed E-state index contributed by atoms with van der Waals surface area (Å²) < 4.78 is 0. The lowest BCUT2D eigenvalue weighted by Gasteiger charge is -2.30. The summed E-state index contributed by atoms with van der Waals surface area (Å²) >= 11 is 0. The molecule has 16 heteroatoms. The van der Waals surface area contributed by atoms with Gasteiger partial charge in [0.15, 0.2) is 0 Å². The SMILES string of the molecule is C[C@H](N)C(=O)N[C@@H](Cc1ccc(O)cc1)C(=O)N[C@@H](C)C(=O)N[C@@H](Cc1cnc[nH]1)C(=O)N1CCC[C@H]1C(=O)N[C@@H](Cc1ccccc1)C(=O)O. The Labute approximate surface area is 294 Å². The number of imidazole rings is 1. The van der Waals surface area contributed by atoms with Crippen LogP contribution >= 0.6 is 0 Å². The number of carbonyl (C=O) groups is 6. The van der Waals surface area contributed by atoms with Crippen molar-refractivity contribution in [2.45, 2.75) is 82.2 Å². The number of aromatic hydroxyl groups is 1. The molecule has 3 aromatic rings. The van der Waals surface area contributed by atoms with Crippen LogP contribution in [0.2, 0.25) is 0 Å². The number of nitrogens with zero attached hydrogens (tertiary/aromatic N) is 2. The Morgan fingerprint density at radius 2 is 1.49 bits per heavy atom. The minimum absolute atomic E-state index is 0.0181. The van der Waals surface area contributed by atoms with Gasteiger partial charge >= 0.3 is 5.97 Å². The zero-order valence-electron chi connectivity index (χ0n) is 28.4.